The van der Waals surface area contributed by atoms with Crippen LogP contribution in [0, 0.1) is 6.92 Å². The number of halogens is 1. The SMILES string of the molecule is Cc1cc2nnc(SCC(O)COc3cccc(Br)c3)n2c2ccccc12. The van der Waals surface area contributed by atoms with Crippen LogP contribution in [0.15, 0.2) is 64.2 Å². The first-order valence-corrected chi connectivity index (χ1v) is 10.3. The molecule has 5 nitrogen and oxygen atoms in total. The molecule has 138 valence electrons. The molecule has 2 heterocycles. The summed E-state index contributed by atoms with van der Waals surface area (Å²) in [7, 11) is 0. The second-order valence-electron chi connectivity index (χ2n) is 6.25. The number of hydrogen-bond donors (Lipinski definition) is 1. The first-order chi connectivity index (χ1) is 13.1. The van der Waals surface area contributed by atoms with E-state index in [2.05, 4.69) is 45.2 Å². The second-order valence-corrected chi connectivity index (χ2v) is 8.16. The molecule has 0 spiro atoms. The van der Waals surface area contributed by atoms with E-state index in [4.69, 9.17) is 4.74 Å². The van der Waals surface area contributed by atoms with Crippen molar-refractivity contribution in [1.82, 2.24) is 14.6 Å². The Balaban J connectivity index is 1.48. The predicted molar refractivity (Wildman–Crippen MR) is 112 cm³/mol. The number of nitrogens with zero attached hydrogens (tertiary/aromatic N) is 3. The fraction of sp³-hybridized carbons (Fsp3) is 0.200. The van der Waals surface area contributed by atoms with Gasteiger partial charge in [0.05, 0.1) is 11.6 Å². The third kappa shape index (κ3) is 3.95. The third-order valence-electron chi connectivity index (χ3n) is 4.22. The summed E-state index contributed by atoms with van der Waals surface area (Å²) in [6, 6.07) is 17.8. The summed E-state index contributed by atoms with van der Waals surface area (Å²) in [6.07, 6.45) is -0.613. The van der Waals surface area contributed by atoms with Crippen LogP contribution in [0.25, 0.3) is 16.6 Å². The number of thioether (sulfide) groups is 1. The van der Waals surface area contributed by atoms with Gasteiger partial charge in [-0.3, -0.25) is 4.40 Å². The number of aliphatic hydroxyl groups is 1. The molecular weight excluding hydrogens is 426 g/mol. The highest BCUT2D eigenvalue weighted by atomic mass is 79.9. The van der Waals surface area contributed by atoms with Gasteiger partial charge in [0, 0.05) is 15.6 Å². The van der Waals surface area contributed by atoms with Crippen LogP contribution in [-0.2, 0) is 0 Å². The fourth-order valence-electron chi connectivity index (χ4n) is 2.94. The van der Waals surface area contributed by atoms with Crippen LogP contribution in [0.2, 0.25) is 0 Å². The molecule has 2 aromatic carbocycles. The van der Waals surface area contributed by atoms with E-state index in [1.54, 1.807) is 0 Å². The predicted octanol–water partition coefficient (Wildman–Crippen LogP) is 4.49. The number of aryl methyl sites for hydroxylation is 1. The minimum atomic E-state index is -0.613. The van der Waals surface area contributed by atoms with Crippen LogP contribution < -0.4 is 4.74 Å². The molecule has 1 unspecified atom stereocenters. The van der Waals surface area contributed by atoms with Gasteiger partial charge in [0.2, 0.25) is 0 Å². The molecule has 0 aliphatic rings. The number of benzene rings is 2. The van der Waals surface area contributed by atoms with Crippen molar-refractivity contribution in [3.8, 4) is 5.75 Å². The molecule has 0 bridgehead atoms. The maximum atomic E-state index is 10.3. The second kappa shape index (κ2) is 7.88. The molecule has 0 saturated heterocycles. The van der Waals surface area contributed by atoms with Crippen LogP contribution in [0.4, 0.5) is 0 Å². The molecule has 0 amide bonds. The zero-order valence-corrected chi connectivity index (χ0v) is 17.1. The molecule has 0 saturated carbocycles. The molecule has 1 N–H and O–H groups in total. The Kier molecular flexibility index (Phi) is 5.33. The molecule has 27 heavy (non-hydrogen) atoms. The Morgan fingerprint density at radius 2 is 2.00 bits per heavy atom. The first-order valence-electron chi connectivity index (χ1n) is 8.54. The van der Waals surface area contributed by atoms with Gasteiger partial charge in [-0.1, -0.05) is 52.0 Å². The Morgan fingerprint density at radius 1 is 1.15 bits per heavy atom. The van der Waals surface area contributed by atoms with E-state index in [0.29, 0.717) is 5.75 Å². The molecule has 2 aromatic heterocycles. The highest BCUT2D eigenvalue weighted by molar-refractivity contribution is 9.10. The summed E-state index contributed by atoms with van der Waals surface area (Å²) in [5.41, 5.74) is 3.05. The molecule has 1 atom stereocenters. The van der Waals surface area contributed by atoms with Crippen LogP contribution in [0.3, 0.4) is 0 Å². The molecule has 7 heteroatoms. The Bertz CT molecular complexity index is 1100. The highest BCUT2D eigenvalue weighted by Gasteiger charge is 2.14. The van der Waals surface area contributed by atoms with Gasteiger partial charge in [-0.05, 0) is 42.8 Å². The largest absolute Gasteiger partial charge is 0.491 e. The number of aliphatic hydroxyl groups excluding tert-OH is 1. The molecule has 0 aliphatic carbocycles. The van der Waals surface area contributed by atoms with Gasteiger partial charge in [0.25, 0.3) is 0 Å². The number of fused-ring (bicyclic) bond motifs is 3. The smallest absolute Gasteiger partial charge is 0.196 e. The van der Waals surface area contributed by atoms with Gasteiger partial charge in [-0.15, -0.1) is 10.2 Å². The summed E-state index contributed by atoms with van der Waals surface area (Å²) in [4.78, 5) is 0. The standard InChI is InChI=1S/C20H18BrN3O2S/c1-13-9-19-22-23-20(24(19)18-8-3-2-7-17(13)18)27-12-15(25)11-26-16-6-4-5-14(21)10-16/h2-10,15,25H,11-12H2,1H3. The fourth-order valence-corrected chi connectivity index (χ4v) is 4.17. The molecular formula is C20H18BrN3O2S. The van der Waals surface area contributed by atoms with E-state index in [-0.39, 0.29) is 6.61 Å². The van der Waals surface area contributed by atoms with Crippen molar-refractivity contribution in [1.29, 1.82) is 0 Å². The minimum Gasteiger partial charge on any atom is -0.491 e. The van der Waals surface area contributed by atoms with Crippen LogP contribution in [-0.4, -0.2) is 38.2 Å². The van der Waals surface area contributed by atoms with Crippen LogP contribution in [0.1, 0.15) is 5.56 Å². The van der Waals surface area contributed by atoms with Gasteiger partial charge in [-0.2, -0.15) is 0 Å². The lowest BCUT2D eigenvalue weighted by molar-refractivity contribution is 0.126. The van der Waals surface area contributed by atoms with Crippen molar-refractivity contribution in [3.63, 3.8) is 0 Å². The Morgan fingerprint density at radius 3 is 2.85 bits per heavy atom. The van der Waals surface area contributed by atoms with Crippen LogP contribution >= 0.6 is 27.7 Å². The van der Waals surface area contributed by atoms with Gasteiger partial charge >= 0.3 is 0 Å². The normalized spacial score (nSPS) is 12.6. The van der Waals surface area contributed by atoms with Gasteiger partial charge in [-0.25, -0.2) is 0 Å². The summed E-state index contributed by atoms with van der Waals surface area (Å²) in [5, 5.41) is 20.8. The number of hydrogen-bond acceptors (Lipinski definition) is 5. The molecule has 0 radical (unpaired) electrons. The first kappa shape index (κ1) is 18.3. The van der Waals surface area contributed by atoms with Crippen molar-refractivity contribution in [2.24, 2.45) is 0 Å². The van der Waals surface area contributed by atoms with E-state index in [0.717, 1.165) is 26.5 Å². The Labute approximate surface area is 169 Å². The van der Waals surface area contributed by atoms with E-state index in [1.165, 1.54) is 22.7 Å². The Hall–Kier alpha value is -2.09. The molecule has 4 aromatic rings. The van der Waals surface area contributed by atoms with Crippen molar-refractivity contribution < 1.29 is 9.84 Å². The van der Waals surface area contributed by atoms with Crippen molar-refractivity contribution >= 4 is 44.2 Å². The summed E-state index contributed by atoms with van der Waals surface area (Å²) in [6.45, 7) is 2.30. The molecule has 0 aliphatic heterocycles. The molecule has 4 rings (SSSR count). The van der Waals surface area contributed by atoms with E-state index < -0.39 is 6.10 Å². The summed E-state index contributed by atoms with van der Waals surface area (Å²) >= 11 is 4.88. The number of pyridine rings is 1. The average molecular weight is 444 g/mol. The lowest BCUT2D eigenvalue weighted by Gasteiger charge is -2.12. The number of ether oxygens (including phenoxy) is 1. The van der Waals surface area contributed by atoms with Crippen LogP contribution in [0.5, 0.6) is 5.75 Å². The number of para-hydroxylation sites is 1. The maximum absolute atomic E-state index is 10.3. The summed E-state index contributed by atoms with van der Waals surface area (Å²) < 4.78 is 8.64. The zero-order valence-electron chi connectivity index (χ0n) is 14.7. The van der Waals surface area contributed by atoms with E-state index in [1.807, 2.05) is 46.9 Å². The summed E-state index contributed by atoms with van der Waals surface area (Å²) in [5.74, 6) is 1.19. The highest BCUT2D eigenvalue weighted by Crippen LogP contribution is 2.26. The van der Waals surface area contributed by atoms with Gasteiger partial charge < -0.3 is 9.84 Å². The number of aromatic nitrogens is 3. The van der Waals surface area contributed by atoms with E-state index >= 15 is 0 Å². The monoisotopic (exact) mass is 443 g/mol. The lowest BCUT2D eigenvalue weighted by Crippen LogP contribution is -2.20. The minimum absolute atomic E-state index is 0.222. The van der Waals surface area contributed by atoms with Crippen molar-refractivity contribution in [3.05, 3.63) is 64.6 Å². The quantitative estimate of drug-likeness (QED) is 0.445. The lowest BCUT2D eigenvalue weighted by atomic mass is 10.1. The molecule has 0 fully saturated rings. The third-order valence-corrected chi connectivity index (χ3v) is 5.78. The topological polar surface area (TPSA) is 59.7 Å². The van der Waals surface area contributed by atoms with E-state index in [9.17, 15) is 5.11 Å². The average Bonchev–Trinajstić information content (AvgIpc) is 3.08. The van der Waals surface area contributed by atoms with Crippen molar-refractivity contribution in [2.45, 2.75) is 18.2 Å². The van der Waals surface area contributed by atoms with Gasteiger partial charge in [0.15, 0.2) is 10.8 Å². The maximum Gasteiger partial charge on any atom is 0.196 e. The number of rotatable bonds is 6. The van der Waals surface area contributed by atoms with Gasteiger partial charge in [0.1, 0.15) is 12.4 Å². The zero-order chi connectivity index (χ0) is 18.8. The van der Waals surface area contributed by atoms with Crippen molar-refractivity contribution in [2.75, 3.05) is 12.4 Å².